The largest absolute Gasteiger partial charge is 0.444 e. The lowest BCUT2D eigenvalue weighted by Gasteiger charge is -2.34. The smallest absolute Gasteiger partial charge is 0.408 e. The molecule has 2 N–H and O–H groups in total. The summed E-state index contributed by atoms with van der Waals surface area (Å²) in [5, 5.41) is 5.85. The Morgan fingerprint density at radius 3 is 2.10 bits per heavy atom. The first-order valence-electron chi connectivity index (χ1n) is 7.48. The van der Waals surface area contributed by atoms with Crippen LogP contribution in [0.2, 0.25) is 0 Å². The molecule has 0 bridgehead atoms. The third kappa shape index (κ3) is 6.26. The van der Waals surface area contributed by atoms with Crippen molar-refractivity contribution in [3.63, 3.8) is 0 Å². The Morgan fingerprint density at radius 1 is 1.10 bits per heavy atom. The molecule has 0 spiro atoms. The molecule has 0 aromatic carbocycles. The highest BCUT2D eigenvalue weighted by Gasteiger charge is 2.34. The average Bonchev–Trinajstić information content (AvgIpc) is 2.50. The summed E-state index contributed by atoms with van der Waals surface area (Å²) in [4.78, 5) is 23.2. The van der Waals surface area contributed by atoms with E-state index in [1.807, 2.05) is 20.8 Å². The van der Waals surface area contributed by atoms with E-state index >= 15 is 0 Å². The van der Waals surface area contributed by atoms with Crippen LogP contribution in [0.4, 0.5) is 4.79 Å². The summed E-state index contributed by atoms with van der Waals surface area (Å²) in [7, 11) is 0. The molecule has 1 aliphatic carbocycles. The van der Waals surface area contributed by atoms with Gasteiger partial charge in [-0.3, -0.25) is 4.79 Å². The van der Waals surface area contributed by atoms with Gasteiger partial charge in [0.25, 0.3) is 0 Å². The molecule has 5 nitrogen and oxygen atoms in total. The zero-order valence-corrected chi connectivity index (χ0v) is 13.2. The number of nitrogens with one attached hydrogen (secondary N) is 2. The molecule has 1 saturated carbocycles. The van der Waals surface area contributed by atoms with Gasteiger partial charge >= 0.3 is 6.09 Å². The molecule has 0 aromatic rings. The third-order valence-corrected chi connectivity index (χ3v) is 3.50. The number of amides is 2. The van der Waals surface area contributed by atoms with Gasteiger partial charge in [0.05, 0.1) is 5.54 Å². The van der Waals surface area contributed by atoms with Crippen LogP contribution >= 0.6 is 0 Å². The average molecular weight is 284 g/mol. The first kappa shape index (κ1) is 16.8. The lowest BCUT2D eigenvalue weighted by Crippen LogP contribution is -2.56. The van der Waals surface area contributed by atoms with Crippen molar-refractivity contribution in [2.75, 3.05) is 6.54 Å². The van der Waals surface area contributed by atoms with E-state index in [4.69, 9.17) is 4.74 Å². The van der Waals surface area contributed by atoms with Crippen molar-refractivity contribution in [3.05, 3.63) is 0 Å². The van der Waals surface area contributed by atoms with E-state index in [0.29, 0.717) is 6.54 Å². The Hall–Kier alpha value is -1.26. The van der Waals surface area contributed by atoms with E-state index in [1.165, 1.54) is 19.8 Å². The molecular formula is C15H28N2O3. The minimum atomic E-state index is -0.510. The van der Waals surface area contributed by atoms with Crippen molar-refractivity contribution in [1.29, 1.82) is 0 Å². The van der Waals surface area contributed by atoms with Gasteiger partial charge in [0.15, 0.2) is 0 Å². The number of ether oxygens (including phenoxy) is 1. The molecule has 0 unspecified atom stereocenters. The summed E-state index contributed by atoms with van der Waals surface area (Å²) in [6.45, 7) is 7.51. The second-order valence-electron chi connectivity index (χ2n) is 6.73. The van der Waals surface area contributed by atoms with Crippen LogP contribution in [-0.2, 0) is 9.53 Å². The molecule has 0 saturated heterocycles. The van der Waals surface area contributed by atoms with E-state index in [9.17, 15) is 9.59 Å². The number of carbonyl (C=O) groups excluding carboxylic acids is 2. The number of hydrogen-bond acceptors (Lipinski definition) is 3. The predicted molar refractivity (Wildman–Crippen MR) is 78.5 cm³/mol. The highest BCUT2D eigenvalue weighted by atomic mass is 16.6. The molecule has 1 fully saturated rings. The highest BCUT2D eigenvalue weighted by Crippen LogP contribution is 2.27. The van der Waals surface area contributed by atoms with Crippen LogP contribution in [-0.4, -0.2) is 29.7 Å². The molecule has 0 heterocycles. The summed E-state index contributed by atoms with van der Waals surface area (Å²) < 4.78 is 5.35. The van der Waals surface area contributed by atoms with Gasteiger partial charge in [-0.2, -0.15) is 0 Å². The molecule has 2 amide bonds. The fourth-order valence-electron chi connectivity index (χ4n) is 2.57. The molecule has 1 aliphatic rings. The zero-order valence-electron chi connectivity index (χ0n) is 13.2. The van der Waals surface area contributed by atoms with Gasteiger partial charge in [-0.25, -0.2) is 4.79 Å². The minimum Gasteiger partial charge on any atom is -0.444 e. The van der Waals surface area contributed by atoms with Crippen molar-refractivity contribution in [1.82, 2.24) is 10.6 Å². The molecular weight excluding hydrogens is 256 g/mol. The van der Waals surface area contributed by atoms with E-state index < -0.39 is 11.7 Å². The predicted octanol–water partition coefficient (Wildman–Crippen LogP) is 2.74. The molecule has 5 heteroatoms. The van der Waals surface area contributed by atoms with Gasteiger partial charge in [0.1, 0.15) is 5.60 Å². The lowest BCUT2D eigenvalue weighted by molar-refractivity contribution is -0.119. The van der Waals surface area contributed by atoms with Gasteiger partial charge in [-0.1, -0.05) is 25.7 Å². The Labute approximate surface area is 121 Å². The zero-order chi connectivity index (χ0) is 15.2. The number of carbonyl (C=O) groups is 2. The van der Waals surface area contributed by atoms with Crippen LogP contribution in [0.25, 0.3) is 0 Å². The second kappa shape index (κ2) is 6.95. The van der Waals surface area contributed by atoms with Gasteiger partial charge in [-0.15, -0.1) is 0 Å². The van der Waals surface area contributed by atoms with Crippen molar-refractivity contribution >= 4 is 12.0 Å². The van der Waals surface area contributed by atoms with Crippen molar-refractivity contribution in [2.24, 2.45) is 0 Å². The van der Waals surface area contributed by atoms with E-state index in [2.05, 4.69) is 10.6 Å². The fourth-order valence-corrected chi connectivity index (χ4v) is 2.57. The maximum atomic E-state index is 12.0. The van der Waals surface area contributed by atoms with Gasteiger partial charge in [-0.05, 0) is 33.6 Å². The Bertz CT molecular complexity index is 340. The van der Waals surface area contributed by atoms with Crippen LogP contribution in [0.1, 0.15) is 66.2 Å². The van der Waals surface area contributed by atoms with Crippen LogP contribution in [0.3, 0.4) is 0 Å². The Kier molecular flexibility index (Phi) is 5.84. The number of alkyl carbamates (subject to hydrolysis) is 1. The van der Waals surface area contributed by atoms with E-state index in [0.717, 1.165) is 25.7 Å². The molecule has 116 valence electrons. The van der Waals surface area contributed by atoms with Gasteiger partial charge in [0, 0.05) is 13.5 Å². The normalized spacial score (nSPS) is 18.8. The maximum Gasteiger partial charge on any atom is 0.408 e. The molecule has 0 radical (unpaired) electrons. The summed E-state index contributed by atoms with van der Waals surface area (Å²) in [6, 6.07) is 0. The topological polar surface area (TPSA) is 67.4 Å². The lowest BCUT2D eigenvalue weighted by atomic mass is 9.90. The van der Waals surface area contributed by atoms with Crippen molar-refractivity contribution < 1.29 is 14.3 Å². The minimum absolute atomic E-state index is 0.0698. The van der Waals surface area contributed by atoms with Crippen LogP contribution in [0.5, 0.6) is 0 Å². The third-order valence-electron chi connectivity index (χ3n) is 3.50. The van der Waals surface area contributed by atoms with Crippen molar-refractivity contribution in [3.8, 4) is 0 Å². The molecule has 0 aliphatic heterocycles. The van der Waals surface area contributed by atoms with Gasteiger partial charge < -0.3 is 15.4 Å². The van der Waals surface area contributed by atoms with E-state index in [1.54, 1.807) is 0 Å². The monoisotopic (exact) mass is 284 g/mol. The first-order valence-corrected chi connectivity index (χ1v) is 7.48. The quantitative estimate of drug-likeness (QED) is 0.783. The van der Waals surface area contributed by atoms with Gasteiger partial charge in [0.2, 0.25) is 5.91 Å². The van der Waals surface area contributed by atoms with Crippen LogP contribution in [0, 0.1) is 0 Å². The van der Waals surface area contributed by atoms with Crippen molar-refractivity contribution in [2.45, 2.75) is 77.4 Å². The molecule has 0 atom stereocenters. The SMILES string of the molecule is CC(=O)NCC1(NC(=O)OC(C)(C)C)CCCCCC1. The Balaban J connectivity index is 2.70. The second-order valence-corrected chi connectivity index (χ2v) is 6.73. The Morgan fingerprint density at radius 2 is 1.65 bits per heavy atom. The molecule has 1 rings (SSSR count). The standard InChI is InChI=1S/C15H28N2O3/c1-12(18)16-11-15(9-7-5-6-8-10-15)17-13(19)20-14(2,3)4/h5-11H2,1-4H3,(H,16,18)(H,17,19). The summed E-state index contributed by atoms with van der Waals surface area (Å²) in [5.74, 6) is -0.0698. The number of hydrogen-bond donors (Lipinski definition) is 2. The molecule has 20 heavy (non-hydrogen) atoms. The van der Waals surface area contributed by atoms with Crippen LogP contribution in [0.15, 0.2) is 0 Å². The summed E-state index contributed by atoms with van der Waals surface area (Å²) in [6.07, 6.45) is 5.85. The molecule has 0 aromatic heterocycles. The fraction of sp³-hybridized carbons (Fsp3) is 0.867. The number of rotatable bonds is 3. The van der Waals surface area contributed by atoms with E-state index in [-0.39, 0.29) is 11.4 Å². The first-order chi connectivity index (χ1) is 9.22. The maximum absolute atomic E-state index is 12.0. The summed E-state index contributed by atoms with van der Waals surface area (Å²) in [5.41, 5.74) is -0.880. The van der Waals surface area contributed by atoms with Crippen LogP contribution < -0.4 is 10.6 Å². The summed E-state index contributed by atoms with van der Waals surface area (Å²) >= 11 is 0. The highest BCUT2D eigenvalue weighted by molar-refractivity contribution is 5.73.